The fourth-order valence-corrected chi connectivity index (χ4v) is 2.12. The number of anilines is 1. The Morgan fingerprint density at radius 3 is 2.41 bits per heavy atom. The lowest BCUT2D eigenvalue weighted by Gasteiger charge is -2.12. The first-order valence-corrected chi connectivity index (χ1v) is 7.35. The minimum atomic E-state index is -0.239. The summed E-state index contributed by atoms with van der Waals surface area (Å²) in [7, 11) is 0. The van der Waals surface area contributed by atoms with Crippen LogP contribution in [-0.4, -0.2) is 22.9 Å². The molecule has 0 atom stereocenters. The SMILES string of the molecule is CC(C)CC(=O)NCC(=O)Nc1ccccc1-n1cccc1. The molecule has 0 bridgehead atoms. The van der Waals surface area contributed by atoms with Gasteiger partial charge in [0, 0.05) is 18.8 Å². The summed E-state index contributed by atoms with van der Waals surface area (Å²) in [6.07, 6.45) is 4.25. The van der Waals surface area contributed by atoms with Crippen molar-refractivity contribution in [2.45, 2.75) is 20.3 Å². The van der Waals surface area contributed by atoms with Gasteiger partial charge in [-0.3, -0.25) is 9.59 Å². The fourth-order valence-electron chi connectivity index (χ4n) is 2.12. The molecular formula is C17H21N3O2. The van der Waals surface area contributed by atoms with E-state index in [1.54, 1.807) is 0 Å². The lowest BCUT2D eigenvalue weighted by Crippen LogP contribution is -2.33. The smallest absolute Gasteiger partial charge is 0.243 e. The van der Waals surface area contributed by atoms with Crippen LogP contribution in [0, 0.1) is 5.92 Å². The van der Waals surface area contributed by atoms with Gasteiger partial charge in [0.25, 0.3) is 0 Å². The summed E-state index contributed by atoms with van der Waals surface area (Å²) in [4.78, 5) is 23.6. The Morgan fingerprint density at radius 1 is 1.05 bits per heavy atom. The molecule has 5 heteroatoms. The summed E-state index contributed by atoms with van der Waals surface area (Å²) in [5.74, 6) is -0.0712. The van der Waals surface area contributed by atoms with E-state index in [1.165, 1.54) is 0 Å². The summed E-state index contributed by atoms with van der Waals surface area (Å²) in [5.41, 5.74) is 1.59. The molecule has 0 saturated carbocycles. The molecule has 1 aromatic heterocycles. The van der Waals surface area contributed by atoms with Gasteiger partial charge in [-0.05, 0) is 30.2 Å². The summed E-state index contributed by atoms with van der Waals surface area (Å²) < 4.78 is 1.92. The second kappa shape index (κ2) is 7.45. The first kappa shape index (κ1) is 15.8. The van der Waals surface area contributed by atoms with Gasteiger partial charge < -0.3 is 15.2 Å². The highest BCUT2D eigenvalue weighted by atomic mass is 16.2. The molecule has 2 rings (SSSR count). The predicted molar refractivity (Wildman–Crippen MR) is 86.9 cm³/mol. The number of benzene rings is 1. The molecule has 22 heavy (non-hydrogen) atoms. The Kier molecular flexibility index (Phi) is 5.36. The molecule has 0 fully saturated rings. The van der Waals surface area contributed by atoms with Crippen molar-refractivity contribution in [1.29, 1.82) is 0 Å². The Hall–Kier alpha value is -2.56. The number of carbonyl (C=O) groups is 2. The fraction of sp³-hybridized carbons (Fsp3) is 0.294. The molecule has 1 heterocycles. The molecule has 0 radical (unpaired) electrons. The average molecular weight is 299 g/mol. The molecule has 0 unspecified atom stereocenters. The van der Waals surface area contributed by atoms with Crippen LogP contribution < -0.4 is 10.6 Å². The van der Waals surface area contributed by atoms with Crippen molar-refractivity contribution < 1.29 is 9.59 Å². The van der Waals surface area contributed by atoms with Crippen molar-refractivity contribution in [3.05, 3.63) is 48.8 Å². The number of rotatable bonds is 6. The Labute approximate surface area is 130 Å². The normalized spacial score (nSPS) is 10.5. The van der Waals surface area contributed by atoms with Crippen molar-refractivity contribution in [2.24, 2.45) is 5.92 Å². The van der Waals surface area contributed by atoms with Crippen LogP contribution in [0.4, 0.5) is 5.69 Å². The van der Waals surface area contributed by atoms with Crippen LogP contribution in [0.5, 0.6) is 0 Å². The minimum Gasteiger partial charge on any atom is -0.347 e. The van der Waals surface area contributed by atoms with E-state index in [1.807, 2.05) is 67.2 Å². The zero-order valence-corrected chi connectivity index (χ0v) is 12.9. The van der Waals surface area contributed by atoms with Gasteiger partial charge in [-0.1, -0.05) is 26.0 Å². The van der Waals surface area contributed by atoms with Crippen LogP contribution in [0.1, 0.15) is 20.3 Å². The molecule has 0 aliphatic carbocycles. The van der Waals surface area contributed by atoms with Crippen molar-refractivity contribution in [3.8, 4) is 5.69 Å². The number of hydrogen-bond donors (Lipinski definition) is 2. The van der Waals surface area contributed by atoms with Crippen molar-refractivity contribution in [2.75, 3.05) is 11.9 Å². The Bertz CT molecular complexity index is 633. The van der Waals surface area contributed by atoms with Crippen LogP contribution in [-0.2, 0) is 9.59 Å². The number of aromatic nitrogens is 1. The van der Waals surface area contributed by atoms with Crippen LogP contribution in [0.2, 0.25) is 0 Å². The van der Waals surface area contributed by atoms with E-state index in [9.17, 15) is 9.59 Å². The molecule has 0 spiro atoms. The summed E-state index contributed by atoms with van der Waals surface area (Å²) in [6, 6.07) is 11.4. The molecule has 0 aliphatic rings. The van der Waals surface area contributed by atoms with E-state index in [2.05, 4.69) is 10.6 Å². The van der Waals surface area contributed by atoms with Gasteiger partial charge in [-0.2, -0.15) is 0 Å². The second-order valence-corrected chi connectivity index (χ2v) is 5.53. The van der Waals surface area contributed by atoms with Gasteiger partial charge in [0.05, 0.1) is 17.9 Å². The third-order valence-electron chi connectivity index (χ3n) is 3.10. The largest absolute Gasteiger partial charge is 0.347 e. The average Bonchev–Trinajstić information content (AvgIpc) is 2.99. The van der Waals surface area contributed by atoms with Crippen LogP contribution in [0.25, 0.3) is 5.69 Å². The minimum absolute atomic E-state index is 0.0223. The third-order valence-corrected chi connectivity index (χ3v) is 3.10. The number of para-hydroxylation sites is 2. The maximum Gasteiger partial charge on any atom is 0.243 e. The number of carbonyl (C=O) groups excluding carboxylic acids is 2. The molecule has 2 amide bonds. The molecule has 116 valence electrons. The molecule has 2 aromatic rings. The monoisotopic (exact) mass is 299 g/mol. The number of nitrogens with zero attached hydrogens (tertiary/aromatic N) is 1. The Morgan fingerprint density at radius 2 is 1.73 bits per heavy atom. The molecule has 0 saturated heterocycles. The lowest BCUT2D eigenvalue weighted by atomic mass is 10.1. The number of amides is 2. The molecular weight excluding hydrogens is 278 g/mol. The van der Waals surface area contributed by atoms with E-state index in [-0.39, 0.29) is 24.3 Å². The summed E-state index contributed by atoms with van der Waals surface area (Å²) >= 11 is 0. The highest BCUT2D eigenvalue weighted by Gasteiger charge is 2.10. The molecule has 1 aromatic carbocycles. The number of hydrogen-bond acceptors (Lipinski definition) is 2. The van der Waals surface area contributed by atoms with Gasteiger partial charge in [0.1, 0.15) is 0 Å². The maximum atomic E-state index is 12.0. The third kappa shape index (κ3) is 4.48. The zero-order valence-electron chi connectivity index (χ0n) is 12.9. The molecule has 5 nitrogen and oxygen atoms in total. The Balaban J connectivity index is 1.96. The predicted octanol–water partition coefficient (Wildman–Crippen LogP) is 2.58. The lowest BCUT2D eigenvalue weighted by molar-refractivity contribution is -0.124. The molecule has 0 aliphatic heterocycles. The second-order valence-electron chi connectivity index (χ2n) is 5.53. The zero-order chi connectivity index (χ0) is 15.9. The van der Waals surface area contributed by atoms with Crippen molar-refractivity contribution in [3.63, 3.8) is 0 Å². The van der Waals surface area contributed by atoms with Crippen molar-refractivity contribution >= 4 is 17.5 Å². The maximum absolute atomic E-state index is 12.0. The molecule has 2 N–H and O–H groups in total. The van der Waals surface area contributed by atoms with Crippen LogP contribution in [0.15, 0.2) is 48.8 Å². The highest BCUT2D eigenvalue weighted by molar-refractivity contribution is 5.96. The summed E-state index contributed by atoms with van der Waals surface area (Å²) in [6.45, 7) is 3.91. The highest BCUT2D eigenvalue weighted by Crippen LogP contribution is 2.19. The van der Waals surface area contributed by atoms with Gasteiger partial charge in [-0.15, -0.1) is 0 Å². The van der Waals surface area contributed by atoms with E-state index in [0.717, 1.165) is 5.69 Å². The van der Waals surface area contributed by atoms with E-state index in [4.69, 9.17) is 0 Å². The quantitative estimate of drug-likeness (QED) is 0.861. The van der Waals surface area contributed by atoms with E-state index >= 15 is 0 Å². The van der Waals surface area contributed by atoms with Gasteiger partial charge in [0.15, 0.2) is 0 Å². The van der Waals surface area contributed by atoms with E-state index in [0.29, 0.717) is 12.1 Å². The first-order chi connectivity index (χ1) is 10.6. The number of nitrogens with one attached hydrogen (secondary N) is 2. The van der Waals surface area contributed by atoms with Gasteiger partial charge >= 0.3 is 0 Å². The summed E-state index contributed by atoms with van der Waals surface area (Å²) in [5, 5.41) is 5.46. The van der Waals surface area contributed by atoms with Gasteiger partial charge in [-0.25, -0.2) is 0 Å². The topological polar surface area (TPSA) is 63.1 Å². The van der Waals surface area contributed by atoms with Crippen LogP contribution in [0.3, 0.4) is 0 Å². The first-order valence-electron chi connectivity index (χ1n) is 7.35. The van der Waals surface area contributed by atoms with E-state index < -0.39 is 0 Å². The van der Waals surface area contributed by atoms with Crippen molar-refractivity contribution in [1.82, 2.24) is 9.88 Å². The van der Waals surface area contributed by atoms with Gasteiger partial charge in [0.2, 0.25) is 11.8 Å². The standard InChI is InChI=1S/C17H21N3O2/c1-13(2)11-16(21)18-12-17(22)19-14-7-3-4-8-15(14)20-9-5-6-10-20/h3-10,13H,11-12H2,1-2H3,(H,18,21)(H,19,22). The van der Waals surface area contributed by atoms with Crippen LogP contribution >= 0.6 is 0 Å².